The zero-order valence-corrected chi connectivity index (χ0v) is 16.8. The zero-order chi connectivity index (χ0) is 19.3. The molecule has 25 heavy (non-hydrogen) atoms. The smallest absolute Gasteiger partial charge is 0.407 e. The molecule has 0 saturated heterocycles. The zero-order valence-electron chi connectivity index (χ0n) is 15.3. The van der Waals surface area contributed by atoms with Crippen LogP contribution in [0.4, 0.5) is 4.79 Å². The van der Waals surface area contributed by atoms with Gasteiger partial charge >= 0.3 is 6.09 Å². The molecule has 0 fully saturated rings. The molecule has 0 spiro atoms. The Balaban J connectivity index is 2.43. The lowest BCUT2D eigenvalue weighted by Gasteiger charge is -2.28. The molecule has 5 nitrogen and oxygen atoms in total. The molecule has 1 rings (SSSR count). The minimum absolute atomic E-state index is 0.109. The molecule has 0 aliphatic carbocycles. The molecule has 0 saturated carbocycles. The summed E-state index contributed by atoms with van der Waals surface area (Å²) < 4.78 is 5.18. The Morgan fingerprint density at radius 2 is 1.72 bits per heavy atom. The second kappa shape index (κ2) is 8.77. The Kier molecular flexibility index (Phi) is 7.57. The lowest BCUT2D eigenvalue weighted by molar-refractivity contribution is -0.122. The van der Waals surface area contributed by atoms with Crippen LogP contribution in [0.5, 0.6) is 0 Å². The van der Waals surface area contributed by atoms with Crippen LogP contribution in [-0.4, -0.2) is 29.7 Å². The minimum Gasteiger partial charge on any atom is -0.444 e. The van der Waals surface area contributed by atoms with Crippen molar-refractivity contribution in [2.24, 2.45) is 0 Å². The van der Waals surface area contributed by atoms with Gasteiger partial charge in [-0.2, -0.15) is 0 Å². The fourth-order valence-corrected chi connectivity index (χ4v) is 2.37. The fraction of sp³-hybridized carbons (Fsp3) is 0.556. The molecule has 1 aromatic rings. The Morgan fingerprint density at radius 1 is 1.08 bits per heavy atom. The van der Waals surface area contributed by atoms with Crippen LogP contribution < -0.4 is 10.6 Å². The van der Waals surface area contributed by atoms with Crippen LogP contribution in [0.25, 0.3) is 0 Å². The molecular weight excluding hydrogens is 363 g/mol. The van der Waals surface area contributed by atoms with Gasteiger partial charge in [0.1, 0.15) is 5.60 Å². The predicted octanol–water partition coefficient (Wildman–Crippen LogP) is 4.35. The van der Waals surface area contributed by atoms with Crippen molar-refractivity contribution in [3.8, 4) is 0 Å². The molecule has 0 heterocycles. The van der Waals surface area contributed by atoms with E-state index in [-0.39, 0.29) is 12.5 Å². The fourth-order valence-electron chi connectivity index (χ4n) is 2.04. The molecule has 0 atom stereocenters. The number of hydrogen-bond donors (Lipinski definition) is 2. The molecule has 0 bridgehead atoms. The van der Waals surface area contributed by atoms with Gasteiger partial charge < -0.3 is 15.4 Å². The van der Waals surface area contributed by atoms with Gasteiger partial charge in [0, 0.05) is 13.0 Å². The number of benzene rings is 1. The number of hydrogen-bond acceptors (Lipinski definition) is 3. The minimum atomic E-state index is -0.592. The second-order valence-corrected chi connectivity index (χ2v) is 8.35. The third kappa shape index (κ3) is 8.98. The highest BCUT2D eigenvalue weighted by Gasteiger charge is 2.23. The van der Waals surface area contributed by atoms with Gasteiger partial charge in [-0.1, -0.05) is 29.3 Å². The summed E-state index contributed by atoms with van der Waals surface area (Å²) in [5.74, 6) is -0.109. The first-order valence-corrected chi connectivity index (χ1v) is 8.85. The van der Waals surface area contributed by atoms with Gasteiger partial charge in [-0.25, -0.2) is 4.79 Å². The summed E-state index contributed by atoms with van der Waals surface area (Å²) in [5.41, 5.74) is -0.211. The van der Waals surface area contributed by atoms with Crippen molar-refractivity contribution in [1.29, 1.82) is 0 Å². The Labute approximate surface area is 159 Å². The maximum atomic E-state index is 12.1. The highest BCUT2D eigenvalue weighted by atomic mass is 35.5. The van der Waals surface area contributed by atoms with Crippen molar-refractivity contribution in [3.63, 3.8) is 0 Å². The molecule has 0 aliphatic rings. The maximum Gasteiger partial charge on any atom is 0.407 e. The van der Waals surface area contributed by atoms with E-state index in [0.29, 0.717) is 22.9 Å². The van der Waals surface area contributed by atoms with Crippen LogP contribution in [0.15, 0.2) is 18.2 Å². The van der Waals surface area contributed by atoms with E-state index in [4.69, 9.17) is 27.9 Å². The average molecular weight is 389 g/mol. The second-order valence-electron chi connectivity index (χ2n) is 7.54. The summed E-state index contributed by atoms with van der Waals surface area (Å²) in [5, 5.41) is 6.53. The van der Waals surface area contributed by atoms with Crippen LogP contribution >= 0.6 is 23.2 Å². The number of amides is 2. The first kappa shape index (κ1) is 21.6. The van der Waals surface area contributed by atoms with Crippen LogP contribution in [0.2, 0.25) is 10.0 Å². The first-order chi connectivity index (χ1) is 11.4. The summed E-state index contributed by atoms with van der Waals surface area (Å²) in [4.78, 5) is 23.8. The van der Waals surface area contributed by atoms with Crippen LogP contribution in [-0.2, 0) is 16.0 Å². The lowest BCUT2D eigenvalue weighted by atomic mass is 10.0. The van der Waals surface area contributed by atoms with Crippen LogP contribution in [0.1, 0.15) is 46.6 Å². The summed E-state index contributed by atoms with van der Waals surface area (Å²) in [6.45, 7) is 9.32. The first-order valence-electron chi connectivity index (χ1n) is 8.10. The SMILES string of the molecule is CC(C)(CNC(=O)OC(C)(C)C)NC(=O)CCc1ccc(Cl)c(Cl)c1. The van der Waals surface area contributed by atoms with Gasteiger partial charge in [0.2, 0.25) is 5.91 Å². The normalized spacial score (nSPS) is 11.8. The number of nitrogens with one attached hydrogen (secondary N) is 2. The monoisotopic (exact) mass is 388 g/mol. The van der Waals surface area contributed by atoms with Crippen molar-refractivity contribution in [1.82, 2.24) is 10.6 Å². The molecule has 0 unspecified atom stereocenters. The molecule has 2 N–H and O–H groups in total. The molecule has 0 radical (unpaired) electrons. The number of rotatable bonds is 6. The quantitative estimate of drug-likeness (QED) is 0.760. The van der Waals surface area contributed by atoms with E-state index in [1.807, 2.05) is 19.9 Å². The highest BCUT2D eigenvalue weighted by molar-refractivity contribution is 6.42. The van der Waals surface area contributed by atoms with Crippen LogP contribution in [0.3, 0.4) is 0 Å². The van der Waals surface area contributed by atoms with E-state index in [9.17, 15) is 9.59 Å². The number of carbonyl (C=O) groups excluding carboxylic acids is 2. The van der Waals surface area contributed by atoms with Crippen molar-refractivity contribution in [2.45, 2.75) is 58.6 Å². The maximum absolute atomic E-state index is 12.1. The molecule has 140 valence electrons. The Hall–Kier alpha value is -1.46. The number of carbonyl (C=O) groups is 2. The molecule has 7 heteroatoms. The predicted molar refractivity (Wildman–Crippen MR) is 101 cm³/mol. The van der Waals surface area contributed by atoms with Crippen molar-refractivity contribution < 1.29 is 14.3 Å². The Bertz CT molecular complexity index is 625. The molecule has 0 aliphatic heterocycles. The van der Waals surface area contributed by atoms with Gasteiger partial charge in [0.25, 0.3) is 0 Å². The van der Waals surface area contributed by atoms with Crippen LogP contribution in [0, 0.1) is 0 Å². The largest absolute Gasteiger partial charge is 0.444 e. The van der Waals surface area contributed by atoms with E-state index < -0.39 is 17.2 Å². The van der Waals surface area contributed by atoms with E-state index in [1.165, 1.54) is 0 Å². The third-order valence-corrected chi connectivity index (χ3v) is 3.92. The van der Waals surface area contributed by atoms with Crippen molar-refractivity contribution in [3.05, 3.63) is 33.8 Å². The summed E-state index contributed by atoms with van der Waals surface area (Å²) in [7, 11) is 0. The van der Waals surface area contributed by atoms with Crippen molar-refractivity contribution >= 4 is 35.2 Å². The standard InChI is InChI=1S/C18H26Cl2N2O3/c1-17(2,3)25-16(24)21-11-18(4,5)22-15(23)9-7-12-6-8-13(19)14(20)10-12/h6,8,10H,7,9,11H2,1-5H3,(H,21,24)(H,22,23). The molecule has 1 aromatic carbocycles. The van der Waals surface area contributed by atoms with E-state index in [0.717, 1.165) is 5.56 Å². The third-order valence-electron chi connectivity index (χ3n) is 3.18. The average Bonchev–Trinajstić information content (AvgIpc) is 2.44. The van der Waals surface area contributed by atoms with E-state index in [1.54, 1.807) is 32.9 Å². The summed E-state index contributed by atoms with van der Waals surface area (Å²) >= 11 is 11.8. The molecular formula is C18H26Cl2N2O3. The van der Waals surface area contributed by atoms with Gasteiger partial charge in [-0.05, 0) is 58.7 Å². The van der Waals surface area contributed by atoms with Gasteiger partial charge in [0.15, 0.2) is 0 Å². The number of ether oxygens (including phenoxy) is 1. The van der Waals surface area contributed by atoms with Gasteiger partial charge in [-0.3, -0.25) is 4.79 Å². The summed E-state index contributed by atoms with van der Waals surface area (Å²) in [6, 6.07) is 5.31. The van der Waals surface area contributed by atoms with Gasteiger partial charge in [-0.15, -0.1) is 0 Å². The number of alkyl carbamates (subject to hydrolysis) is 1. The topological polar surface area (TPSA) is 67.4 Å². The molecule has 0 aromatic heterocycles. The Morgan fingerprint density at radius 3 is 2.28 bits per heavy atom. The van der Waals surface area contributed by atoms with Gasteiger partial charge in [0.05, 0.1) is 15.6 Å². The number of halogens is 2. The van der Waals surface area contributed by atoms with Crippen molar-refractivity contribution in [2.75, 3.05) is 6.54 Å². The lowest BCUT2D eigenvalue weighted by Crippen LogP contribution is -2.52. The number of aryl methyl sites for hydroxylation is 1. The summed E-state index contributed by atoms with van der Waals surface area (Å²) in [6.07, 6.45) is 0.359. The van der Waals surface area contributed by atoms with E-state index in [2.05, 4.69) is 10.6 Å². The highest BCUT2D eigenvalue weighted by Crippen LogP contribution is 2.23. The van der Waals surface area contributed by atoms with E-state index >= 15 is 0 Å². The molecule has 2 amide bonds.